The normalized spacial score (nSPS) is 37.9. The van der Waals surface area contributed by atoms with Crippen molar-refractivity contribution >= 4 is 9.84 Å². The molecule has 0 amide bonds. The van der Waals surface area contributed by atoms with Crippen LogP contribution in [-0.4, -0.2) is 18.9 Å². The number of hydrogen-bond donors (Lipinski definition) is 0. The second kappa shape index (κ2) is 3.99. The molecule has 1 aliphatic heterocycles. The van der Waals surface area contributed by atoms with Gasteiger partial charge in [-0.05, 0) is 25.2 Å². The van der Waals surface area contributed by atoms with E-state index >= 15 is 0 Å². The summed E-state index contributed by atoms with van der Waals surface area (Å²) < 4.78 is 23.8. The molecule has 1 heterocycles. The third kappa shape index (κ3) is 1.90. The fraction of sp³-hybridized carbons (Fsp3) is 1.00. The first-order valence-electron chi connectivity index (χ1n) is 5.26. The summed E-state index contributed by atoms with van der Waals surface area (Å²) >= 11 is 0. The van der Waals surface area contributed by atoms with Crippen molar-refractivity contribution in [2.75, 3.05) is 0 Å². The van der Waals surface area contributed by atoms with Gasteiger partial charge in [0.15, 0.2) is 9.84 Å². The van der Waals surface area contributed by atoms with Crippen molar-refractivity contribution in [2.45, 2.75) is 57.0 Å². The highest BCUT2D eigenvalue weighted by atomic mass is 32.2. The molecule has 1 rings (SSSR count). The predicted octanol–water partition coefficient (Wildman–Crippen LogP) is 2.39. The van der Waals surface area contributed by atoms with Crippen LogP contribution in [-0.2, 0) is 9.84 Å². The van der Waals surface area contributed by atoms with E-state index in [0.717, 1.165) is 25.7 Å². The molecule has 0 spiro atoms. The third-order valence-corrected chi connectivity index (χ3v) is 6.17. The van der Waals surface area contributed by atoms with Crippen LogP contribution >= 0.6 is 0 Å². The molecular weight excluding hydrogens is 184 g/mol. The van der Waals surface area contributed by atoms with Gasteiger partial charge in [0.1, 0.15) is 0 Å². The molecule has 78 valence electrons. The highest BCUT2D eigenvalue weighted by molar-refractivity contribution is 7.92. The molecule has 1 saturated heterocycles. The van der Waals surface area contributed by atoms with Crippen LogP contribution < -0.4 is 0 Å². The van der Waals surface area contributed by atoms with E-state index in [1.54, 1.807) is 0 Å². The average Bonchev–Trinajstić information content (AvgIpc) is 2.23. The van der Waals surface area contributed by atoms with Gasteiger partial charge in [-0.15, -0.1) is 0 Å². The quantitative estimate of drug-likeness (QED) is 0.707. The van der Waals surface area contributed by atoms with E-state index in [9.17, 15) is 8.42 Å². The first-order chi connectivity index (χ1) is 6.04. The fourth-order valence-corrected chi connectivity index (χ4v) is 5.36. The smallest absolute Gasteiger partial charge is 0.156 e. The Morgan fingerprint density at radius 3 is 2.31 bits per heavy atom. The molecular formula is C10H20O2S. The lowest BCUT2D eigenvalue weighted by Gasteiger charge is -2.12. The van der Waals surface area contributed by atoms with Crippen LogP contribution in [0.2, 0.25) is 0 Å². The van der Waals surface area contributed by atoms with Crippen molar-refractivity contribution < 1.29 is 8.42 Å². The van der Waals surface area contributed by atoms with Gasteiger partial charge in [0.05, 0.1) is 10.5 Å². The largest absolute Gasteiger partial charge is 0.228 e. The maximum atomic E-state index is 11.9. The summed E-state index contributed by atoms with van der Waals surface area (Å²) in [5, 5.41) is -0.110. The van der Waals surface area contributed by atoms with E-state index in [4.69, 9.17) is 0 Å². The fourth-order valence-electron chi connectivity index (χ4n) is 2.51. The van der Waals surface area contributed by atoms with Crippen LogP contribution in [0.5, 0.6) is 0 Å². The minimum absolute atomic E-state index is 0.0440. The van der Waals surface area contributed by atoms with Gasteiger partial charge in [-0.25, -0.2) is 8.42 Å². The van der Waals surface area contributed by atoms with E-state index < -0.39 is 9.84 Å². The minimum Gasteiger partial charge on any atom is -0.228 e. The highest BCUT2D eigenvalue weighted by Crippen LogP contribution is 2.36. The van der Waals surface area contributed by atoms with Gasteiger partial charge in [-0.1, -0.05) is 27.2 Å². The summed E-state index contributed by atoms with van der Waals surface area (Å²) in [6.07, 6.45) is 3.49. The SMILES string of the molecule is CCCC1CC(C)C(CC)S1(=O)=O. The Morgan fingerprint density at radius 1 is 1.31 bits per heavy atom. The van der Waals surface area contributed by atoms with Crippen LogP contribution in [0.15, 0.2) is 0 Å². The van der Waals surface area contributed by atoms with Crippen LogP contribution in [0.1, 0.15) is 46.5 Å². The van der Waals surface area contributed by atoms with E-state index in [2.05, 4.69) is 13.8 Å². The van der Waals surface area contributed by atoms with E-state index in [-0.39, 0.29) is 10.5 Å². The molecule has 0 bridgehead atoms. The van der Waals surface area contributed by atoms with Crippen molar-refractivity contribution in [1.29, 1.82) is 0 Å². The molecule has 13 heavy (non-hydrogen) atoms. The van der Waals surface area contributed by atoms with Crippen molar-refractivity contribution in [2.24, 2.45) is 5.92 Å². The zero-order valence-corrected chi connectivity index (χ0v) is 9.60. The molecule has 1 fully saturated rings. The Bertz CT molecular complexity index is 256. The molecule has 0 aromatic rings. The number of sulfone groups is 1. The molecule has 0 saturated carbocycles. The molecule has 3 unspecified atom stereocenters. The van der Waals surface area contributed by atoms with Gasteiger partial charge < -0.3 is 0 Å². The Hall–Kier alpha value is -0.0500. The van der Waals surface area contributed by atoms with E-state index in [0.29, 0.717) is 5.92 Å². The third-order valence-electron chi connectivity index (χ3n) is 3.17. The van der Waals surface area contributed by atoms with Crippen LogP contribution in [0.25, 0.3) is 0 Å². The van der Waals surface area contributed by atoms with Crippen LogP contribution in [0, 0.1) is 5.92 Å². The van der Waals surface area contributed by atoms with Crippen LogP contribution in [0.3, 0.4) is 0 Å². The van der Waals surface area contributed by atoms with Crippen molar-refractivity contribution in [3.63, 3.8) is 0 Å². The highest BCUT2D eigenvalue weighted by Gasteiger charge is 2.43. The molecule has 3 atom stereocenters. The van der Waals surface area contributed by atoms with Gasteiger partial charge in [0, 0.05) is 0 Å². The van der Waals surface area contributed by atoms with Gasteiger partial charge in [0.2, 0.25) is 0 Å². The molecule has 0 aromatic carbocycles. The molecule has 0 aliphatic carbocycles. The summed E-state index contributed by atoms with van der Waals surface area (Å²) in [5.74, 6) is 0.367. The standard InChI is InChI=1S/C10H20O2S/c1-4-6-9-7-8(3)10(5-2)13(9,11)12/h8-10H,4-7H2,1-3H3. The lowest BCUT2D eigenvalue weighted by Crippen LogP contribution is -2.24. The van der Waals surface area contributed by atoms with Gasteiger partial charge >= 0.3 is 0 Å². The Labute approximate surface area is 81.6 Å². The number of hydrogen-bond acceptors (Lipinski definition) is 2. The van der Waals surface area contributed by atoms with Gasteiger partial charge in [-0.2, -0.15) is 0 Å². The molecule has 2 nitrogen and oxygen atoms in total. The van der Waals surface area contributed by atoms with Crippen molar-refractivity contribution in [3.05, 3.63) is 0 Å². The predicted molar refractivity (Wildman–Crippen MR) is 55.5 cm³/mol. The Balaban J connectivity index is 2.83. The second-order valence-corrected chi connectivity index (χ2v) is 6.61. The molecule has 0 aromatic heterocycles. The summed E-state index contributed by atoms with van der Waals surface area (Å²) in [6.45, 7) is 6.11. The van der Waals surface area contributed by atoms with Crippen molar-refractivity contribution in [3.8, 4) is 0 Å². The lowest BCUT2D eigenvalue weighted by molar-refractivity contribution is 0.512. The van der Waals surface area contributed by atoms with Crippen molar-refractivity contribution in [1.82, 2.24) is 0 Å². The summed E-state index contributed by atoms with van der Waals surface area (Å²) in [7, 11) is -2.79. The van der Waals surface area contributed by atoms with E-state index in [1.807, 2.05) is 6.92 Å². The summed E-state index contributed by atoms with van der Waals surface area (Å²) in [4.78, 5) is 0. The van der Waals surface area contributed by atoms with Crippen LogP contribution in [0.4, 0.5) is 0 Å². The Kier molecular flexibility index (Phi) is 3.38. The lowest BCUT2D eigenvalue weighted by atomic mass is 9.99. The number of rotatable bonds is 3. The zero-order chi connectivity index (χ0) is 10.1. The first kappa shape index (κ1) is 11.0. The first-order valence-corrected chi connectivity index (χ1v) is 6.87. The summed E-state index contributed by atoms with van der Waals surface area (Å²) in [6, 6.07) is 0. The molecule has 3 heteroatoms. The molecule has 0 N–H and O–H groups in total. The zero-order valence-electron chi connectivity index (χ0n) is 8.79. The second-order valence-electron chi connectivity index (χ2n) is 4.16. The molecule has 0 radical (unpaired) electrons. The van der Waals surface area contributed by atoms with Gasteiger partial charge in [-0.3, -0.25) is 0 Å². The monoisotopic (exact) mass is 204 g/mol. The maximum absolute atomic E-state index is 11.9. The topological polar surface area (TPSA) is 34.1 Å². The van der Waals surface area contributed by atoms with Gasteiger partial charge in [0.25, 0.3) is 0 Å². The average molecular weight is 204 g/mol. The minimum atomic E-state index is -2.79. The molecule has 1 aliphatic rings. The summed E-state index contributed by atoms with van der Waals surface area (Å²) in [5.41, 5.74) is 0. The maximum Gasteiger partial charge on any atom is 0.156 e. The Morgan fingerprint density at radius 2 is 1.92 bits per heavy atom. The van der Waals surface area contributed by atoms with E-state index in [1.165, 1.54) is 0 Å².